The molecule has 1 aliphatic rings. The van der Waals surface area contributed by atoms with E-state index in [0.717, 1.165) is 31.5 Å². The van der Waals surface area contributed by atoms with Crippen molar-refractivity contribution in [3.8, 4) is 0 Å². The Hall–Kier alpha value is -0.780. The summed E-state index contributed by atoms with van der Waals surface area (Å²) >= 11 is 0. The minimum Gasteiger partial charge on any atom is -0.352 e. The van der Waals surface area contributed by atoms with Crippen LogP contribution in [0.15, 0.2) is 29.3 Å². The topological polar surface area (TPSA) is 27.6 Å². The summed E-state index contributed by atoms with van der Waals surface area (Å²) in [6, 6.07) is 8.62. The van der Waals surface area contributed by atoms with Gasteiger partial charge < -0.3 is 10.2 Å². The van der Waals surface area contributed by atoms with Crippen molar-refractivity contribution >= 4 is 29.9 Å². The second kappa shape index (κ2) is 8.49. The van der Waals surface area contributed by atoms with Crippen LogP contribution < -0.4 is 5.32 Å². The Morgan fingerprint density at radius 1 is 1.45 bits per heavy atom. The van der Waals surface area contributed by atoms with Crippen molar-refractivity contribution in [2.75, 3.05) is 20.1 Å². The molecular weight excluding hydrogens is 361 g/mol. The van der Waals surface area contributed by atoms with E-state index in [1.807, 2.05) is 7.05 Å². The monoisotopic (exact) mass is 387 g/mol. The van der Waals surface area contributed by atoms with Crippen molar-refractivity contribution in [2.24, 2.45) is 10.9 Å². The normalized spacial score (nSPS) is 19.4. The fraction of sp³-hybridized carbons (Fsp3) is 0.562. The van der Waals surface area contributed by atoms with E-state index in [0.29, 0.717) is 0 Å². The first-order valence-electron chi connectivity index (χ1n) is 7.20. The van der Waals surface area contributed by atoms with Crippen molar-refractivity contribution in [1.82, 2.24) is 10.2 Å². The molecule has 0 aliphatic carbocycles. The Morgan fingerprint density at radius 2 is 2.25 bits per heavy atom. The molecule has 0 radical (unpaired) electrons. The summed E-state index contributed by atoms with van der Waals surface area (Å²) in [5, 5.41) is 3.48. The van der Waals surface area contributed by atoms with Crippen LogP contribution in [-0.4, -0.2) is 31.0 Å². The van der Waals surface area contributed by atoms with Crippen LogP contribution in [0.2, 0.25) is 0 Å². The zero-order valence-electron chi connectivity index (χ0n) is 12.7. The van der Waals surface area contributed by atoms with Gasteiger partial charge in [-0.2, -0.15) is 0 Å². The summed E-state index contributed by atoms with van der Waals surface area (Å²) in [7, 11) is 1.87. The minimum atomic E-state index is 0. The third-order valence-corrected chi connectivity index (χ3v) is 3.70. The Balaban J connectivity index is 0.00000200. The molecule has 1 aromatic rings. The fourth-order valence-electron chi connectivity index (χ4n) is 2.72. The molecule has 1 atom stereocenters. The van der Waals surface area contributed by atoms with Crippen LogP contribution in [0.1, 0.15) is 30.9 Å². The number of nitrogens with zero attached hydrogens (tertiary/aromatic N) is 2. The van der Waals surface area contributed by atoms with Gasteiger partial charge >= 0.3 is 0 Å². The first kappa shape index (κ1) is 17.3. The van der Waals surface area contributed by atoms with Gasteiger partial charge in [-0.15, -0.1) is 24.0 Å². The van der Waals surface area contributed by atoms with Crippen LogP contribution in [-0.2, 0) is 6.54 Å². The summed E-state index contributed by atoms with van der Waals surface area (Å²) in [4.78, 5) is 6.79. The van der Waals surface area contributed by atoms with Crippen LogP contribution in [0.3, 0.4) is 0 Å². The molecule has 1 heterocycles. The van der Waals surface area contributed by atoms with Crippen molar-refractivity contribution in [2.45, 2.75) is 33.2 Å². The highest BCUT2D eigenvalue weighted by Gasteiger charge is 2.18. The zero-order chi connectivity index (χ0) is 13.7. The fourth-order valence-corrected chi connectivity index (χ4v) is 2.72. The van der Waals surface area contributed by atoms with Gasteiger partial charge in [0.2, 0.25) is 0 Å². The van der Waals surface area contributed by atoms with Gasteiger partial charge in [0.1, 0.15) is 0 Å². The van der Waals surface area contributed by atoms with E-state index in [-0.39, 0.29) is 24.0 Å². The van der Waals surface area contributed by atoms with E-state index in [2.05, 4.69) is 53.3 Å². The first-order chi connectivity index (χ1) is 9.19. The van der Waals surface area contributed by atoms with E-state index < -0.39 is 0 Å². The molecule has 3 nitrogen and oxygen atoms in total. The number of aliphatic imine (C=N–C) groups is 1. The molecule has 2 rings (SSSR count). The highest BCUT2D eigenvalue weighted by Crippen LogP contribution is 2.15. The number of hydrogen-bond donors (Lipinski definition) is 1. The number of rotatable bonds is 2. The third kappa shape index (κ3) is 4.96. The molecule has 1 aliphatic heterocycles. The second-order valence-electron chi connectivity index (χ2n) is 5.58. The lowest BCUT2D eigenvalue weighted by molar-refractivity contribution is 0.266. The Morgan fingerprint density at radius 3 is 2.90 bits per heavy atom. The van der Waals surface area contributed by atoms with E-state index >= 15 is 0 Å². The summed E-state index contributed by atoms with van der Waals surface area (Å²) in [5.74, 6) is 1.80. The Labute approximate surface area is 139 Å². The molecule has 1 saturated heterocycles. The van der Waals surface area contributed by atoms with Gasteiger partial charge in [-0.1, -0.05) is 36.8 Å². The number of piperidine rings is 1. The van der Waals surface area contributed by atoms with E-state index in [4.69, 9.17) is 0 Å². The first-order valence-corrected chi connectivity index (χ1v) is 7.20. The molecule has 0 aromatic heterocycles. The van der Waals surface area contributed by atoms with Gasteiger partial charge in [0.15, 0.2) is 5.96 Å². The quantitative estimate of drug-likeness (QED) is 0.479. The lowest BCUT2D eigenvalue weighted by Crippen LogP contribution is -2.45. The van der Waals surface area contributed by atoms with Gasteiger partial charge in [-0.25, -0.2) is 0 Å². The van der Waals surface area contributed by atoms with Crippen molar-refractivity contribution in [1.29, 1.82) is 0 Å². The molecule has 0 spiro atoms. The van der Waals surface area contributed by atoms with Gasteiger partial charge in [0, 0.05) is 26.7 Å². The highest BCUT2D eigenvalue weighted by atomic mass is 127. The maximum atomic E-state index is 4.42. The maximum Gasteiger partial charge on any atom is 0.193 e. The van der Waals surface area contributed by atoms with Crippen molar-refractivity contribution in [3.63, 3.8) is 0 Å². The van der Waals surface area contributed by atoms with Crippen LogP contribution >= 0.6 is 24.0 Å². The number of guanidine groups is 1. The Bertz CT molecular complexity index is 445. The molecule has 1 N–H and O–H groups in total. The number of benzene rings is 1. The van der Waals surface area contributed by atoms with Crippen LogP contribution in [0.5, 0.6) is 0 Å². The molecule has 1 fully saturated rings. The predicted octanol–water partition coefficient (Wildman–Crippen LogP) is 3.42. The maximum absolute atomic E-state index is 4.42. The summed E-state index contributed by atoms with van der Waals surface area (Å²) in [6.45, 7) is 7.54. The number of aryl methyl sites for hydroxylation is 1. The average Bonchev–Trinajstić information content (AvgIpc) is 2.40. The standard InChI is InChI=1S/C16H25N3.HI/c1-13-6-4-8-15(10-13)11-18-16(17-3)19-9-5-7-14(2)12-19;/h4,6,8,10,14H,5,7,9,11-12H2,1-3H3,(H,17,18);1H. The van der Waals surface area contributed by atoms with E-state index in [1.54, 1.807) is 0 Å². The second-order valence-corrected chi connectivity index (χ2v) is 5.58. The van der Waals surface area contributed by atoms with Crippen LogP contribution in [0, 0.1) is 12.8 Å². The van der Waals surface area contributed by atoms with Gasteiger partial charge in [-0.05, 0) is 31.2 Å². The predicted molar refractivity (Wildman–Crippen MR) is 96.8 cm³/mol. The van der Waals surface area contributed by atoms with E-state index in [1.165, 1.54) is 24.0 Å². The molecular formula is C16H26IN3. The number of nitrogens with one attached hydrogen (secondary N) is 1. The lowest BCUT2D eigenvalue weighted by Gasteiger charge is -2.33. The molecule has 0 saturated carbocycles. The van der Waals surface area contributed by atoms with Gasteiger partial charge in [-0.3, -0.25) is 4.99 Å². The van der Waals surface area contributed by atoms with Gasteiger partial charge in [0.05, 0.1) is 0 Å². The molecule has 1 unspecified atom stereocenters. The largest absolute Gasteiger partial charge is 0.352 e. The van der Waals surface area contributed by atoms with Crippen LogP contribution in [0.4, 0.5) is 0 Å². The van der Waals surface area contributed by atoms with Crippen LogP contribution in [0.25, 0.3) is 0 Å². The third-order valence-electron chi connectivity index (χ3n) is 3.70. The lowest BCUT2D eigenvalue weighted by atomic mass is 10.0. The summed E-state index contributed by atoms with van der Waals surface area (Å²) in [6.07, 6.45) is 2.61. The van der Waals surface area contributed by atoms with Crippen molar-refractivity contribution in [3.05, 3.63) is 35.4 Å². The number of halogens is 1. The zero-order valence-corrected chi connectivity index (χ0v) is 15.1. The molecule has 0 amide bonds. The van der Waals surface area contributed by atoms with Gasteiger partial charge in [0.25, 0.3) is 0 Å². The summed E-state index contributed by atoms with van der Waals surface area (Å²) in [5.41, 5.74) is 2.62. The van der Waals surface area contributed by atoms with E-state index in [9.17, 15) is 0 Å². The number of hydrogen-bond acceptors (Lipinski definition) is 1. The molecule has 4 heteroatoms. The SMILES string of the molecule is CN=C(NCc1cccc(C)c1)N1CCCC(C)C1.I. The minimum absolute atomic E-state index is 0. The highest BCUT2D eigenvalue weighted by molar-refractivity contribution is 14.0. The molecule has 20 heavy (non-hydrogen) atoms. The average molecular weight is 387 g/mol. The molecule has 112 valence electrons. The van der Waals surface area contributed by atoms with Crippen molar-refractivity contribution < 1.29 is 0 Å². The smallest absolute Gasteiger partial charge is 0.193 e. The summed E-state index contributed by atoms with van der Waals surface area (Å²) < 4.78 is 0. The Kier molecular flexibility index (Phi) is 7.34. The molecule has 1 aromatic carbocycles. The molecule has 0 bridgehead atoms. The number of likely N-dealkylation sites (tertiary alicyclic amines) is 1.